The molecule has 0 fully saturated rings. The smallest absolute Gasteiger partial charge is 0.241 e. The zero-order chi connectivity index (χ0) is 14.3. The van der Waals surface area contributed by atoms with Gasteiger partial charge < -0.3 is 15.8 Å². The van der Waals surface area contributed by atoms with E-state index in [4.69, 9.17) is 10.5 Å². The largest absolute Gasteiger partial charge is 0.491 e. The van der Waals surface area contributed by atoms with Crippen molar-refractivity contribution in [2.75, 3.05) is 11.9 Å². The summed E-state index contributed by atoms with van der Waals surface area (Å²) >= 11 is 0. The molecule has 3 N–H and O–H groups in total. The Morgan fingerprint density at radius 2 is 2.05 bits per heavy atom. The van der Waals surface area contributed by atoms with E-state index in [9.17, 15) is 4.79 Å². The molecule has 19 heavy (non-hydrogen) atoms. The normalized spacial score (nSPS) is 12.3. The van der Waals surface area contributed by atoms with Crippen molar-refractivity contribution in [2.24, 2.45) is 11.7 Å². The molecule has 0 aromatic heterocycles. The lowest BCUT2D eigenvalue weighted by molar-refractivity contribution is -0.117. The van der Waals surface area contributed by atoms with E-state index in [-0.39, 0.29) is 5.91 Å². The van der Waals surface area contributed by atoms with Gasteiger partial charge in [0.1, 0.15) is 5.75 Å². The fraction of sp³-hybridized carbons (Fsp3) is 0.533. The highest BCUT2D eigenvalue weighted by atomic mass is 16.5. The molecule has 0 aliphatic rings. The van der Waals surface area contributed by atoms with Crippen molar-refractivity contribution >= 4 is 11.6 Å². The molecule has 0 bridgehead atoms. The Hall–Kier alpha value is -1.55. The first kappa shape index (κ1) is 15.5. The number of hydrogen-bond donors (Lipinski definition) is 2. The molecule has 1 atom stereocenters. The van der Waals surface area contributed by atoms with Crippen molar-refractivity contribution in [3.8, 4) is 5.75 Å². The molecule has 4 nitrogen and oxygen atoms in total. The second-order valence-electron chi connectivity index (χ2n) is 5.09. The number of nitrogens with two attached hydrogens (primary N) is 1. The molecule has 0 saturated carbocycles. The summed E-state index contributed by atoms with van der Waals surface area (Å²) in [4.78, 5) is 11.9. The Bertz CT molecular complexity index is 405. The lowest BCUT2D eigenvalue weighted by Gasteiger charge is -2.15. The Morgan fingerprint density at radius 1 is 1.37 bits per heavy atom. The number of hydrogen-bond acceptors (Lipinski definition) is 3. The van der Waals surface area contributed by atoms with E-state index < -0.39 is 6.04 Å². The highest BCUT2D eigenvalue weighted by Gasteiger charge is 2.14. The van der Waals surface area contributed by atoms with Crippen LogP contribution in [-0.2, 0) is 4.79 Å². The van der Waals surface area contributed by atoms with Gasteiger partial charge in [-0.3, -0.25) is 4.79 Å². The van der Waals surface area contributed by atoms with E-state index in [0.717, 1.165) is 6.42 Å². The molecule has 1 rings (SSSR count). The number of anilines is 1. The van der Waals surface area contributed by atoms with Gasteiger partial charge in [0, 0.05) is 0 Å². The van der Waals surface area contributed by atoms with Crippen molar-refractivity contribution in [1.82, 2.24) is 0 Å². The monoisotopic (exact) mass is 264 g/mol. The average molecular weight is 264 g/mol. The summed E-state index contributed by atoms with van der Waals surface area (Å²) < 4.78 is 5.68. The summed E-state index contributed by atoms with van der Waals surface area (Å²) in [6.45, 7) is 6.79. The minimum absolute atomic E-state index is 0.164. The van der Waals surface area contributed by atoms with Gasteiger partial charge >= 0.3 is 0 Å². The molecule has 1 amide bonds. The number of amides is 1. The van der Waals surface area contributed by atoms with Crippen molar-refractivity contribution in [3.05, 3.63) is 24.3 Å². The van der Waals surface area contributed by atoms with Gasteiger partial charge in [0.05, 0.1) is 18.3 Å². The number of carbonyl (C=O) groups is 1. The first-order valence-electron chi connectivity index (χ1n) is 6.82. The van der Waals surface area contributed by atoms with Gasteiger partial charge in [-0.2, -0.15) is 0 Å². The maximum Gasteiger partial charge on any atom is 0.241 e. The average Bonchev–Trinajstić information content (AvgIpc) is 2.37. The highest BCUT2D eigenvalue weighted by molar-refractivity contribution is 5.95. The third kappa shape index (κ3) is 5.30. The van der Waals surface area contributed by atoms with Crippen LogP contribution in [0.2, 0.25) is 0 Å². The Kier molecular flexibility index (Phi) is 6.36. The van der Waals surface area contributed by atoms with Crippen LogP contribution in [0.5, 0.6) is 5.75 Å². The molecule has 0 aliphatic heterocycles. The topological polar surface area (TPSA) is 64.4 Å². The van der Waals surface area contributed by atoms with E-state index in [2.05, 4.69) is 19.2 Å². The van der Waals surface area contributed by atoms with Gasteiger partial charge in [-0.05, 0) is 24.5 Å². The zero-order valence-electron chi connectivity index (χ0n) is 12.0. The van der Waals surface area contributed by atoms with Crippen LogP contribution in [0.25, 0.3) is 0 Å². The lowest BCUT2D eigenvalue weighted by atomic mass is 10.1. The van der Waals surface area contributed by atoms with Gasteiger partial charge in [0.15, 0.2) is 0 Å². The lowest BCUT2D eigenvalue weighted by Crippen LogP contribution is -2.35. The molecule has 0 saturated heterocycles. The first-order chi connectivity index (χ1) is 9.04. The summed E-state index contributed by atoms with van der Waals surface area (Å²) in [5, 5.41) is 2.83. The molecule has 106 valence electrons. The van der Waals surface area contributed by atoms with Crippen LogP contribution in [0.15, 0.2) is 24.3 Å². The predicted molar refractivity (Wildman–Crippen MR) is 78.3 cm³/mol. The Balaban J connectivity index is 2.69. The second kappa shape index (κ2) is 7.79. The zero-order valence-corrected chi connectivity index (χ0v) is 12.0. The van der Waals surface area contributed by atoms with Crippen LogP contribution in [0.1, 0.15) is 33.6 Å². The van der Waals surface area contributed by atoms with Gasteiger partial charge in [0.2, 0.25) is 5.91 Å². The number of rotatable bonds is 7. The number of ether oxygens (including phenoxy) is 1. The summed E-state index contributed by atoms with van der Waals surface area (Å²) in [5.41, 5.74) is 6.48. The van der Waals surface area contributed by atoms with Gasteiger partial charge in [0.25, 0.3) is 0 Å². The van der Waals surface area contributed by atoms with Crippen molar-refractivity contribution in [3.63, 3.8) is 0 Å². The van der Waals surface area contributed by atoms with Crippen LogP contribution in [0.3, 0.4) is 0 Å². The maximum absolute atomic E-state index is 11.9. The molecular formula is C15H24N2O2. The van der Waals surface area contributed by atoms with E-state index >= 15 is 0 Å². The van der Waals surface area contributed by atoms with Crippen molar-refractivity contribution < 1.29 is 9.53 Å². The predicted octanol–water partition coefficient (Wildman–Crippen LogP) is 2.79. The SMILES string of the molecule is CCC[C@H](N)C(=O)Nc1ccccc1OCC(C)C. The van der Waals surface area contributed by atoms with Gasteiger partial charge in [-0.15, -0.1) is 0 Å². The standard InChI is InChI=1S/C15H24N2O2/c1-4-7-12(16)15(18)17-13-8-5-6-9-14(13)19-10-11(2)3/h5-6,8-9,11-12H,4,7,10,16H2,1-3H3,(H,17,18)/t12-/m0/s1. The molecule has 1 aromatic carbocycles. The molecular weight excluding hydrogens is 240 g/mol. The summed E-state index contributed by atoms with van der Waals surface area (Å²) in [7, 11) is 0. The van der Waals surface area contributed by atoms with E-state index in [1.54, 1.807) is 0 Å². The molecule has 0 heterocycles. The van der Waals surface area contributed by atoms with Crippen LogP contribution in [0.4, 0.5) is 5.69 Å². The molecule has 0 spiro atoms. The third-order valence-corrected chi connectivity index (χ3v) is 2.65. The molecule has 0 aliphatic carbocycles. The van der Waals surface area contributed by atoms with E-state index in [0.29, 0.717) is 30.4 Å². The molecule has 4 heteroatoms. The quantitative estimate of drug-likeness (QED) is 0.796. The number of para-hydroxylation sites is 2. The van der Waals surface area contributed by atoms with Gasteiger partial charge in [-0.1, -0.05) is 39.3 Å². The minimum atomic E-state index is -0.469. The Labute approximate surface area is 115 Å². The summed E-state index contributed by atoms with van der Waals surface area (Å²) in [5.74, 6) is 0.960. The summed E-state index contributed by atoms with van der Waals surface area (Å²) in [6.07, 6.45) is 1.57. The van der Waals surface area contributed by atoms with E-state index in [1.807, 2.05) is 31.2 Å². The first-order valence-corrected chi connectivity index (χ1v) is 6.82. The van der Waals surface area contributed by atoms with Crippen LogP contribution in [-0.4, -0.2) is 18.6 Å². The van der Waals surface area contributed by atoms with E-state index in [1.165, 1.54) is 0 Å². The van der Waals surface area contributed by atoms with Crippen LogP contribution < -0.4 is 15.8 Å². The second-order valence-corrected chi connectivity index (χ2v) is 5.09. The minimum Gasteiger partial charge on any atom is -0.491 e. The Morgan fingerprint density at radius 3 is 2.68 bits per heavy atom. The van der Waals surface area contributed by atoms with Crippen molar-refractivity contribution in [2.45, 2.75) is 39.7 Å². The number of carbonyl (C=O) groups excluding carboxylic acids is 1. The van der Waals surface area contributed by atoms with Crippen molar-refractivity contribution in [1.29, 1.82) is 0 Å². The number of nitrogens with one attached hydrogen (secondary N) is 1. The maximum atomic E-state index is 11.9. The van der Waals surface area contributed by atoms with Crippen LogP contribution >= 0.6 is 0 Å². The fourth-order valence-corrected chi connectivity index (χ4v) is 1.62. The molecule has 0 unspecified atom stereocenters. The van der Waals surface area contributed by atoms with Gasteiger partial charge in [-0.25, -0.2) is 0 Å². The summed E-state index contributed by atoms with van der Waals surface area (Å²) in [6, 6.07) is 6.96. The third-order valence-electron chi connectivity index (χ3n) is 2.65. The molecule has 0 radical (unpaired) electrons. The fourth-order valence-electron chi connectivity index (χ4n) is 1.62. The molecule has 1 aromatic rings. The highest BCUT2D eigenvalue weighted by Crippen LogP contribution is 2.24. The number of benzene rings is 1. The van der Waals surface area contributed by atoms with Crippen LogP contribution in [0, 0.1) is 5.92 Å².